The molecule has 0 saturated carbocycles. The molecule has 2 N–H and O–H groups in total. The monoisotopic (exact) mass is 248 g/mol. The molecular weight excluding hydrogens is 228 g/mol. The number of rotatable bonds is 2. The van der Waals surface area contributed by atoms with Gasteiger partial charge in [-0.25, -0.2) is 0 Å². The predicted molar refractivity (Wildman–Crippen MR) is 70.6 cm³/mol. The highest BCUT2D eigenvalue weighted by Crippen LogP contribution is 2.15. The van der Waals surface area contributed by atoms with Crippen molar-refractivity contribution in [3.63, 3.8) is 0 Å². The second kappa shape index (κ2) is 5.50. The Kier molecular flexibility index (Phi) is 3.99. The Morgan fingerprint density at radius 1 is 1.50 bits per heavy atom. The number of benzene rings is 1. The van der Waals surface area contributed by atoms with Crippen LogP contribution in [0.2, 0.25) is 0 Å². The Hall–Kier alpha value is -1.39. The first-order valence-corrected chi connectivity index (χ1v) is 6.30. The minimum absolute atomic E-state index is 0.0344. The van der Waals surface area contributed by atoms with Crippen LogP contribution in [0.25, 0.3) is 0 Å². The number of nitrogens with two attached hydrogens (primary N) is 1. The largest absolute Gasteiger partial charge is 0.373 e. The standard InChI is InChI=1S/C14H20N2O2/c1-10-3-4-11(2)13(7-10)14(17)16-5-6-18-12(8-15)9-16/h3-4,7,12H,5-6,8-9,15H2,1-2H3. The lowest BCUT2D eigenvalue weighted by Gasteiger charge is -2.32. The first-order valence-electron chi connectivity index (χ1n) is 6.30. The molecule has 1 amide bonds. The van der Waals surface area contributed by atoms with Gasteiger partial charge in [-0.1, -0.05) is 17.7 Å². The third-order valence-electron chi connectivity index (χ3n) is 3.31. The van der Waals surface area contributed by atoms with Gasteiger partial charge in [-0.05, 0) is 25.5 Å². The molecule has 2 rings (SSSR count). The zero-order valence-electron chi connectivity index (χ0n) is 11.0. The van der Waals surface area contributed by atoms with E-state index in [0.717, 1.165) is 16.7 Å². The number of morpholine rings is 1. The van der Waals surface area contributed by atoms with Crippen LogP contribution >= 0.6 is 0 Å². The minimum atomic E-state index is -0.0344. The predicted octanol–water partition coefficient (Wildman–Crippen LogP) is 1.10. The van der Waals surface area contributed by atoms with Crippen LogP contribution in [0.4, 0.5) is 0 Å². The molecule has 0 spiro atoms. The molecule has 0 radical (unpaired) electrons. The highest BCUT2D eigenvalue weighted by atomic mass is 16.5. The van der Waals surface area contributed by atoms with Crippen molar-refractivity contribution < 1.29 is 9.53 Å². The van der Waals surface area contributed by atoms with E-state index in [4.69, 9.17) is 10.5 Å². The fraction of sp³-hybridized carbons (Fsp3) is 0.500. The van der Waals surface area contributed by atoms with Crippen LogP contribution in [0.5, 0.6) is 0 Å². The molecule has 1 saturated heterocycles. The van der Waals surface area contributed by atoms with Gasteiger partial charge in [0.1, 0.15) is 0 Å². The van der Waals surface area contributed by atoms with E-state index < -0.39 is 0 Å². The smallest absolute Gasteiger partial charge is 0.254 e. The van der Waals surface area contributed by atoms with Gasteiger partial charge in [-0.15, -0.1) is 0 Å². The topological polar surface area (TPSA) is 55.6 Å². The third kappa shape index (κ3) is 2.71. The molecule has 0 bridgehead atoms. The Bertz CT molecular complexity index is 445. The van der Waals surface area contributed by atoms with Gasteiger partial charge < -0.3 is 15.4 Å². The van der Waals surface area contributed by atoms with E-state index in [0.29, 0.717) is 26.2 Å². The highest BCUT2D eigenvalue weighted by molar-refractivity contribution is 5.95. The summed E-state index contributed by atoms with van der Waals surface area (Å²) in [5.74, 6) is 0.0814. The lowest BCUT2D eigenvalue weighted by atomic mass is 10.0. The number of amides is 1. The number of carbonyl (C=O) groups excluding carboxylic acids is 1. The minimum Gasteiger partial charge on any atom is -0.373 e. The van der Waals surface area contributed by atoms with Crippen LogP contribution in [0.3, 0.4) is 0 Å². The third-order valence-corrected chi connectivity index (χ3v) is 3.31. The van der Waals surface area contributed by atoms with Crippen molar-refractivity contribution in [2.45, 2.75) is 20.0 Å². The Morgan fingerprint density at radius 2 is 2.28 bits per heavy atom. The number of hydrogen-bond donors (Lipinski definition) is 1. The molecule has 1 aliphatic heterocycles. The molecule has 1 aromatic carbocycles. The molecule has 1 fully saturated rings. The van der Waals surface area contributed by atoms with Crippen molar-refractivity contribution in [3.05, 3.63) is 34.9 Å². The fourth-order valence-electron chi connectivity index (χ4n) is 2.18. The van der Waals surface area contributed by atoms with Crippen molar-refractivity contribution in [2.75, 3.05) is 26.2 Å². The van der Waals surface area contributed by atoms with Crippen LogP contribution in [0.15, 0.2) is 18.2 Å². The summed E-state index contributed by atoms with van der Waals surface area (Å²) in [4.78, 5) is 14.3. The van der Waals surface area contributed by atoms with Crippen molar-refractivity contribution in [1.29, 1.82) is 0 Å². The second-order valence-electron chi connectivity index (χ2n) is 4.80. The van der Waals surface area contributed by atoms with Crippen LogP contribution in [0.1, 0.15) is 21.5 Å². The SMILES string of the molecule is Cc1ccc(C)c(C(=O)N2CCOC(CN)C2)c1. The van der Waals surface area contributed by atoms with Crippen molar-refractivity contribution >= 4 is 5.91 Å². The van der Waals surface area contributed by atoms with Gasteiger partial charge >= 0.3 is 0 Å². The first-order chi connectivity index (χ1) is 8.61. The van der Waals surface area contributed by atoms with E-state index >= 15 is 0 Å². The summed E-state index contributed by atoms with van der Waals surface area (Å²) in [5.41, 5.74) is 8.50. The first kappa shape index (κ1) is 13.1. The Morgan fingerprint density at radius 3 is 3.00 bits per heavy atom. The van der Waals surface area contributed by atoms with Crippen LogP contribution in [-0.4, -0.2) is 43.2 Å². The van der Waals surface area contributed by atoms with Crippen molar-refractivity contribution in [2.24, 2.45) is 5.73 Å². The van der Waals surface area contributed by atoms with E-state index in [1.165, 1.54) is 0 Å². The summed E-state index contributed by atoms with van der Waals surface area (Å²) in [7, 11) is 0. The van der Waals surface area contributed by atoms with Crippen molar-refractivity contribution in [1.82, 2.24) is 4.90 Å². The van der Waals surface area contributed by atoms with Gasteiger partial charge in [0, 0.05) is 25.2 Å². The van der Waals surface area contributed by atoms with Crippen LogP contribution in [-0.2, 0) is 4.74 Å². The van der Waals surface area contributed by atoms with Gasteiger partial charge in [0.15, 0.2) is 0 Å². The summed E-state index contributed by atoms with van der Waals surface area (Å²) in [5, 5.41) is 0. The second-order valence-corrected chi connectivity index (χ2v) is 4.80. The maximum atomic E-state index is 12.5. The lowest BCUT2D eigenvalue weighted by Crippen LogP contribution is -2.48. The van der Waals surface area contributed by atoms with Gasteiger partial charge in [0.2, 0.25) is 0 Å². The molecule has 1 heterocycles. The van der Waals surface area contributed by atoms with E-state index in [1.807, 2.05) is 36.9 Å². The Labute approximate surface area is 108 Å². The zero-order chi connectivity index (χ0) is 13.1. The number of hydrogen-bond acceptors (Lipinski definition) is 3. The highest BCUT2D eigenvalue weighted by Gasteiger charge is 2.24. The van der Waals surface area contributed by atoms with Gasteiger partial charge in [0.05, 0.1) is 12.7 Å². The number of carbonyl (C=O) groups is 1. The van der Waals surface area contributed by atoms with Gasteiger partial charge in [-0.3, -0.25) is 4.79 Å². The molecule has 1 atom stereocenters. The normalized spacial score (nSPS) is 19.9. The van der Waals surface area contributed by atoms with E-state index in [1.54, 1.807) is 0 Å². The molecule has 0 aromatic heterocycles. The van der Waals surface area contributed by atoms with Crippen LogP contribution < -0.4 is 5.73 Å². The molecule has 4 nitrogen and oxygen atoms in total. The quantitative estimate of drug-likeness (QED) is 0.852. The molecule has 4 heteroatoms. The summed E-state index contributed by atoms with van der Waals surface area (Å²) < 4.78 is 5.48. The molecule has 1 aliphatic rings. The summed E-state index contributed by atoms with van der Waals surface area (Å²) in [6, 6.07) is 5.96. The maximum Gasteiger partial charge on any atom is 0.254 e. The number of ether oxygens (including phenoxy) is 1. The summed E-state index contributed by atoms with van der Waals surface area (Å²) >= 11 is 0. The summed E-state index contributed by atoms with van der Waals surface area (Å²) in [6.45, 7) is 6.21. The average molecular weight is 248 g/mol. The molecular formula is C14H20N2O2. The zero-order valence-corrected chi connectivity index (χ0v) is 11.0. The van der Waals surface area contributed by atoms with E-state index in [9.17, 15) is 4.79 Å². The van der Waals surface area contributed by atoms with Gasteiger partial charge in [0.25, 0.3) is 5.91 Å². The fourth-order valence-corrected chi connectivity index (χ4v) is 2.18. The molecule has 0 aliphatic carbocycles. The molecule has 98 valence electrons. The molecule has 1 aromatic rings. The maximum absolute atomic E-state index is 12.5. The van der Waals surface area contributed by atoms with E-state index in [-0.39, 0.29) is 12.0 Å². The van der Waals surface area contributed by atoms with Crippen molar-refractivity contribution in [3.8, 4) is 0 Å². The molecule has 1 unspecified atom stereocenters. The molecule has 18 heavy (non-hydrogen) atoms. The summed E-state index contributed by atoms with van der Waals surface area (Å²) in [6.07, 6.45) is -0.0344. The lowest BCUT2D eigenvalue weighted by molar-refractivity contribution is -0.0167. The van der Waals surface area contributed by atoms with E-state index in [2.05, 4.69) is 0 Å². The number of nitrogens with zero attached hydrogens (tertiary/aromatic N) is 1. The number of aryl methyl sites for hydroxylation is 2. The Balaban J connectivity index is 2.17. The van der Waals surface area contributed by atoms with Gasteiger partial charge in [-0.2, -0.15) is 0 Å². The average Bonchev–Trinajstić information content (AvgIpc) is 2.41. The van der Waals surface area contributed by atoms with Crippen LogP contribution in [0, 0.1) is 13.8 Å².